The molecule has 2 heterocycles. The largest absolute Gasteiger partial charge is 0.338 e. The van der Waals surface area contributed by atoms with Gasteiger partial charge >= 0.3 is 0 Å². The third-order valence-electron chi connectivity index (χ3n) is 4.41. The lowest BCUT2D eigenvalue weighted by Crippen LogP contribution is -2.25. The minimum Gasteiger partial charge on any atom is -0.338 e. The summed E-state index contributed by atoms with van der Waals surface area (Å²) in [5.41, 5.74) is 6.03. The molecule has 0 radical (unpaired) electrons. The Morgan fingerprint density at radius 3 is 2.88 bits per heavy atom. The van der Waals surface area contributed by atoms with Crippen LogP contribution in [-0.4, -0.2) is 32.9 Å². The highest BCUT2D eigenvalue weighted by Gasteiger charge is 2.20. The first-order valence-electron chi connectivity index (χ1n) is 8.31. The van der Waals surface area contributed by atoms with Gasteiger partial charge in [0.2, 0.25) is 5.91 Å². The second-order valence-electron chi connectivity index (χ2n) is 6.16. The summed E-state index contributed by atoms with van der Waals surface area (Å²) in [6.45, 7) is 1.34. The standard InChI is InChI=1S/C19H18N4O2/c24-18-9-4-10-22(18)12-14-5-3-6-15(11-14)19(25)21-23-13-20-16-7-1-2-8-17(16)23/h1-3,5-8,11,13H,4,9-10,12H2,(H,21,25). The van der Waals surface area contributed by atoms with Crippen LogP contribution in [0.25, 0.3) is 11.0 Å². The molecule has 126 valence electrons. The van der Waals surface area contributed by atoms with Crippen LogP contribution >= 0.6 is 0 Å². The van der Waals surface area contributed by atoms with E-state index in [1.165, 1.54) is 0 Å². The van der Waals surface area contributed by atoms with E-state index in [0.29, 0.717) is 18.5 Å². The number of hydrogen-bond acceptors (Lipinski definition) is 3. The van der Waals surface area contributed by atoms with E-state index in [1.54, 1.807) is 17.1 Å². The molecule has 1 aliphatic heterocycles. The van der Waals surface area contributed by atoms with E-state index < -0.39 is 0 Å². The second kappa shape index (κ2) is 6.39. The van der Waals surface area contributed by atoms with E-state index in [4.69, 9.17) is 0 Å². The van der Waals surface area contributed by atoms with E-state index in [-0.39, 0.29) is 11.8 Å². The van der Waals surface area contributed by atoms with Gasteiger partial charge in [-0.1, -0.05) is 24.3 Å². The maximum absolute atomic E-state index is 12.6. The molecule has 2 aromatic carbocycles. The number of carbonyl (C=O) groups is 2. The molecule has 1 saturated heterocycles. The molecule has 0 bridgehead atoms. The van der Waals surface area contributed by atoms with E-state index in [1.807, 2.05) is 47.4 Å². The van der Waals surface area contributed by atoms with Crippen LogP contribution in [0.3, 0.4) is 0 Å². The van der Waals surface area contributed by atoms with Crippen molar-refractivity contribution in [2.24, 2.45) is 0 Å². The molecule has 3 aromatic rings. The lowest BCUT2D eigenvalue weighted by molar-refractivity contribution is -0.128. The quantitative estimate of drug-likeness (QED) is 0.797. The Morgan fingerprint density at radius 1 is 1.16 bits per heavy atom. The van der Waals surface area contributed by atoms with Gasteiger partial charge < -0.3 is 4.90 Å². The van der Waals surface area contributed by atoms with Crippen LogP contribution in [0.4, 0.5) is 0 Å². The lowest BCUT2D eigenvalue weighted by Gasteiger charge is -2.16. The number of rotatable bonds is 4. The zero-order valence-corrected chi connectivity index (χ0v) is 13.7. The van der Waals surface area contributed by atoms with Crippen LogP contribution in [-0.2, 0) is 11.3 Å². The summed E-state index contributed by atoms with van der Waals surface area (Å²) in [4.78, 5) is 30.4. The Bertz CT molecular complexity index is 947. The van der Waals surface area contributed by atoms with Crippen molar-refractivity contribution in [2.75, 3.05) is 12.0 Å². The van der Waals surface area contributed by atoms with Crippen molar-refractivity contribution in [1.29, 1.82) is 0 Å². The van der Waals surface area contributed by atoms with E-state index in [2.05, 4.69) is 10.4 Å². The number of fused-ring (bicyclic) bond motifs is 1. The molecule has 25 heavy (non-hydrogen) atoms. The number of hydrogen-bond donors (Lipinski definition) is 1. The Balaban J connectivity index is 1.52. The van der Waals surface area contributed by atoms with Gasteiger partial charge in [-0.05, 0) is 36.2 Å². The Morgan fingerprint density at radius 2 is 2.04 bits per heavy atom. The van der Waals surface area contributed by atoms with Gasteiger partial charge in [-0.15, -0.1) is 0 Å². The van der Waals surface area contributed by atoms with Crippen LogP contribution in [0.15, 0.2) is 54.9 Å². The molecule has 1 aliphatic rings. The molecule has 2 amide bonds. The summed E-state index contributed by atoms with van der Waals surface area (Å²) < 4.78 is 1.62. The molecule has 1 N–H and O–H groups in total. The molecule has 0 atom stereocenters. The fourth-order valence-corrected chi connectivity index (χ4v) is 3.12. The maximum atomic E-state index is 12.6. The average molecular weight is 334 g/mol. The van der Waals surface area contributed by atoms with Gasteiger partial charge in [0, 0.05) is 25.1 Å². The summed E-state index contributed by atoms with van der Waals surface area (Å²) in [5, 5.41) is 0. The van der Waals surface area contributed by atoms with Gasteiger partial charge in [-0.3, -0.25) is 15.0 Å². The van der Waals surface area contributed by atoms with Crippen molar-refractivity contribution in [3.8, 4) is 0 Å². The summed E-state index contributed by atoms with van der Waals surface area (Å²) >= 11 is 0. The van der Waals surface area contributed by atoms with Crippen molar-refractivity contribution in [3.05, 3.63) is 66.0 Å². The molecule has 1 aromatic heterocycles. The van der Waals surface area contributed by atoms with Crippen LogP contribution in [0.2, 0.25) is 0 Å². The maximum Gasteiger partial charge on any atom is 0.270 e. The average Bonchev–Trinajstić information content (AvgIpc) is 3.22. The van der Waals surface area contributed by atoms with Gasteiger partial charge in [0.05, 0.1) is 11.0 Å². The van der Waals surface area contributed by atoms with Crippen LogP contribution in [0, 0.1) is 0 Å². The highest BCUT2D eigenvalue weighted by Crippen LogP contribution is 2.16. The highest BCUT2D eigenvalue weighted by atomic mass is 16.2. The predicted octanol–water partition coefficient (Wildman–Crippen LogP) is 2.54. The van der Waals surface area contributed by atoms with Gasteiger partial charge in [0.1, 0.15) is 6.33 Å². The first-order valence-corrected chi connectivity index (χ1v) is 8.31. The number of likely N-dealkylation sites (tertiary alicyclic amines) is 1. The summed E-state index contributed by atoms with van der Waals surface area (Å²) in [6.07, 6.45) is 3.12. The van der Waals surface area contributed by atoms with Crippen molar-refractivity contribution >= 4 is 22.8 Å². The Labute approximate surface area is 145 Å². The molecule has 4 rings (SSSR count). The second-order valence-corrected chi connectivity index (χ2v) is 6.16. The number of para-hydroxylation sites is 2. The van der Waals surface area contributed by atoms with Crippen LogP contribution < -0.4 is 5.43 Å². The molecule has 1 fully saturated rings. The third kappa shape index (κ3) is 3.10. The number of amides is 2. The van der Waals surface area contributed by atoms with Gasteiger partial charge in [0.25, 0.3) is 5.91 Å². The molecular weight excluding hydrogens is 316 g/mol. The molecular formula is C19H18N4O2. The first-order chi connectivity index (χ1) is 12.2. The minimum absolute atomic E-state index is 0.180. The number of aromatic nitrogens is 2. The zero-order valence-electron chi connectivity index (χ0n) is 13.7. The molecule has 6 heteroatoms. The summed E-state index contributed by atoms with van der Waals surface area (Å²) in [6, 6.07) is 15.0. The Kier molecular flexibility index (Phi) is 3.93. The van der Waals surface area contributed by atoms with Gasteiger partial charge in [0.15, 0.2) is 0 Å². The summed E-state index contributed by atoms with van der Waals surface area (Å²) in [7, 11) is 0. The molecule has 0 aliphatic carbocycles. The highest BCUT2D eigenvalue weighted by molar-refractivity contribution is 6.00. The number of benzene rings is 2. The first kappa shape index (κ1) is 15.4. The van der Waals surface area contributed by atoms with Crippen molar-refractivity contribution < 1.29 is 9.59 Å². The molecule has 6 nitrogen and oxygen atoms in total. The van der Waals surface area contributed by atoms with E-state index in [0.717, 1.165) is 29.6 Å². The third-order valence-corrected chi connectivity index (χ3v) is 4.41. The zero-order chi connectivity index (χ0) is 17.2. The fraction of sp³-hybridized carbons (Fsp3) is 0.211. The normalized spacial score (nSPS) is 14.2. The molecule has 0 unspecified atom stereocenters. The van der Waals surface area contributed by atoms with Crippen molar-refractivity contribution in [2.45, 2.75) is 19.4 Å². The van der Waals surface area contributed by atoms with Crippen LogP contribution in [0.5, 0.6) is 0 Å². The van der Waals surface area contributed by atoms with E-state index in [9.17, 15) is 9.59 Å². The number of nitrogens with one attached hydrogen (secondary N) is 1. The topological polar surface area (TPSA) is 67.2 Å². The van der Waals surface area contributed by atoms with Crippen molar-refractivity contribution in [1.82, 2.24) is 14.6 Å². The number of imidazole rings is 1. The molecule has 0 saturated carbocycles. The van der Waals surface area contributed by atoms with Gasteiger partial charge in [-0.2, -0.15) is 0 Å². The molecule has 0 spiro atoms. The monoisotopic (exact) mass is 334 g/mol. The number of carbonyl (C=O) groups excluding carboxylic acids is 2. The van der Waals surface area contributed by atoms with E-state index >= 15 is 0 Å². The summed E-state index contributed by atoms with van der Waals surface area (Å²) in [5.74, 6) is -0.0301. The Hall–Kier alpha value is -3.15. The predicted molar refractivity (Wildman–Crippen MR) is 94.5 cm³/mol. The minimum atomic E-state index is -0.210. The van der Waals surface area contributed by atoms with Crippen LogP contribution in [0.1, 0.15) is 28.8 Å². The van der Waals surface area contributed by atoms with Crippen molar-refractivity contribution in [3.63, 3.8) is 0 Å². The SMILES string of the molecule is O=C(Nn1cnc2ccccc21)c1cccc(CN2CCCC2=O)c1. The van der Waals surface area contributed by atoms with Gasteiger partial charge in [-0.25, -0.2) is 9.66 Å². The smallest absolute Gasteiger partial charge is 0.270 e. The lowest BCUT2D eigenvalue weighted by atomic mass is 10.1. The fourth-order valence-electron chi connectivity index (χ4n) is 3.12. The number of nitrogens with zero attached hydrogens (tertiary/aromatic N) is 3.